The second-order valence-corrected chi connectivity index (χ2v) is 6.77. The number of piperazine rings is 1. The largest absolute Gasteiger partial charge is 0.338 e. The lowest BCUT2D eigenvalue weighted by Crippen LogP contribution is -2.53. The second kappa shape index (κ2) is 6.24. The average molecular weight is 293 g/mol. The molecule has 4 nitrogen and oxygen atoms in total. The van der Waals surface area contributed by atoms with Crippen molar-refractivity contribution < 1.29 is 4.79 Å². The fourth-order valence-corrected chi connectivity index (χ4v) is 4.08. The highest BCUT2D eigenvalue weighted by Gasteiger charge is 2.30. The molecule has 1 aromatic heterocycles. The van der Waals surface area contributed by atoms with Gasteiger partial charge in [0.05, 0.1) is 0 Å². The van der Waals surface area contributed by atoms with Gasteiger partial charge in [-0.2, -0.15) is 0 Å². The summed E-state index contributed by atoms with van der Waals surface area (Å²) in [6, 6.07) is 4.18. The molecule has 0 aromatic carbocycles. The van der Waals surface area contributed by atoms with Crippen LogP contribution in [0.25, 0.3) is 0 Å². The molecule has 2 N–H and O–H groups in total. The van der Waals surface area contributed by atoms with Crippen LogP contribution in [0.3, 0.4) is 0 Å². The van der Waals surface area contributed by atoms with Crippen LogP contribution in [0.15, 0.2) is 17.5 Å². The van der Waals surface area contributed by atoms with Crippen molar-refractivity contribution in [1.29, 1.82) is 0 Å². The summed E-state index contributed by atoms with van der Waals surface area (Å²) in [5, 5.41) is 1.97. The first-order valence-electron chi connectivity index (χ1n) is 7.57. The van der Waals surface area contributed by atoms with E-state index >= 15 is 0 Å². The number of thiophene rings is 1. The van der Waals surface area contributed by atoms with Gasteiger partial charge in [0, 0.05) is 37.1 Å². The number of amides is 1. The SMILES string of the molecule is NC(C(=O)N1CCN(C2CCCC2)CC1)c1cccs1. The van der Waals surface area contributed by atoms with Crippen LogP contribution in [0.1, 0.15) is 36.6 Å². The average Bonchev–Trinajstić information content (AvgIpc) is 3.18. The maximum absolute atomic E-state index is 12.4. The Morgan fingerprint density at radius 3 is 2.55 bits per heavy atom. The highest BCUT2D eigenvalue weighted by atomic mass is 32.1. The van der Waals surface area contributed by atoms with Crippen LogP contribution in [0.5, 0.6) is 0 Å². The Kier molecular flexibility index (Phi) is 4.38. The van der Waals surface area contributed by atoms with Gasteiger partial charge in [0.1, 0.15) is 6.04 Å². The third-order valence-electron chi connectivity index (χ3n) is 4.58. The van der Waals surface area contributed by atoms with E-state index in [0.717, 1.165) is 37.1 Å². The molecule has 0 radical (unpaired) electrons. The summed E-state index contributed by atoms with van der Waals surface area (Å²) in [6.07, 6.45) is 5.41. The number of hydrogen-bond donors (Lipinski definition) is 1. The van der Waals surface area contributed by atoms with E-state index in [1.807, 2.05) is 22.4 Å². The molecule has 2 heterocycles. The van der Waals surface area contributed by atoms with E-state index < -0.39 is 6.04 Å². The minimum Gasteiger partial charge on any atom is -0.338 e. The first-order chi connectivity index (χ1) is 9.75. The van der Waals surface area contributed by atoms with Crippen molar-refractivity contribution in [2.24, 2.45) is 5.73 Å². The predicted octanol–water partition coefficient (Wildman–Crippen LogP) is 1.83. The van der Waals surface area contributed by atoms with E-state index in [1.165, 1.54) is 25.7 Å². The predicted molar refractivity (Wildman–Crippen MR) is 81.7 cm³/mol. The minimum absolute atomic E-state index is 0.0820. The summed E-state index contributed by atoms with van der Waals surface area (Å²) in [4.78, 5) is 17.9. The Labute approximate surface area is 124 Å². The van der Waals surface area contributed by atoms with Crippen LogP contribution in [0.2, 0.25) is 0 Å². The number of hydrogen-bond acceptors (Lipinski definition) is 4. The van der Waals surface area contributed by atoms with Crippen LogP contribution in [-0.4, -0.2) is 47.9 Å². The molecular formula is C15H23N3OS. The molecule has 0 bridgehead atoms. The third-order valence-corrected chi connectivity index (χ3v) is 5.54. The second-order valence-electron chi connectivity index (χ2n) is 5.79. The Morgan fingerprint density at radius 2 is 1.95 bits per heavy atom. The zero-order valence-electron chi connectivity index (χ0n) is 11.8. The zero-order valence-corrected chi connectivity index (χ0v) is 12.6. The van der Waals surface area contributed by atoms with E-state index in [-0.39, 0.29) is 5.91 Å². The molecule has 20 heavy (non-hydrogen) atoms. The zero-order chi connectivity index (χ0) is 13.9. The molecule has 110 valence electrons. The first-order valence-corrected chi connectivity index (χ1v) is 8.45. The quantitative estimate of drug-likeness (QED) is 0.925. The summed E-state index contributed by atoms with van der Waals surface area (Å²) in [5.41, 5.74) is 6.08. The van der Waals surface area contributed by atoms with Gasteiger partial charge in [0.15, 0.2) is 0 Å². The summed E-state index contributed by atoms with van der Waals surface area (Å²) in [7, 11) is 0. The van der Waals surface area contributed by atoms with Crippen molar-refractivity contribution in [3.8, 4) is 0 Å². The molecule has 2 fully saturated rings. The van der Waals surface area contributed by atoms with Gasteiger partial charge in [0.2, 0.25) is 5.91 Å². The summed E-state index contributed by atoms with van der Waals surface area (Å²) in [6.45, 7) is 3.67. The lowest BCUT2D eigenvalue weighted by atomic mass is 10.1. The topological polar surface area (TPSA) is 49.6 Å². The van der Waals surface area contributed by atoms with Crippen molar-refractivity contribution >= 4 is 17.2 Å². The van der Waals surface area contributed by atoms with Crippen LogP contribution < -0.4 is 5.73 Å². The fraction of sp³-hybridized carbons (Fsp3) is 0.667. The highest BCUT2D eigenvalue weighted by Crippen LogP contribution is 2.25. The Balaban J connectivity index is 1.53. The molecular weight excluding hydrogens is 270 g/mol. The van der Waals surface area contributed by atoms with Crippen LogP contribution in [0, 0.1) is 0 Å². The van der Waals surface area contributed by atoms with Gasteiger partial charge in [-0.25, -0.2) is 0 Å². The van der Waals surface area contributed by atoms with Gasteiger partial charge in [-0.15, -0.1) is 11.3 Å². The maximum Gasteiger partial charge on any atom is 0.245 e. The van der Waals surface area contributed by atoms with E-state index in [2.05, 4.69) is 4.90 Å². The highest BCUT2D eigenvalue weighted by molar-refractivity contribution is 7.10. The normalized spacial score (nSPS) is 23.1. The molecule has 1 saturated heterocycles. The van der Waals surface area contributed by atoms with Crippen molar-refractivity contribution in [1.82, 2.24) is 9.80 Å². The van der Waals surface area contributed by atoms with Crippen LogP contribution >= 0.6 is 11.3 Å². The van der Waals surface area contributed by atoms with E-state index in [4.69, 9.17) is 5.73 Å². The molecule has 1 amide bonds. The van der Waals surface area contributed by atoms with E-state index in [1.54, 1.807) is 11.3 Å². The monoisotopic (exact) mass is 293 g/mol. The van der Waals surface area contributed by atoms with E-state index in [0.29, 0.717) is 0 Å². The molecule has 3 rings (SSSR count). The molecule has 1 aliphatic heterocycles. The Hall–Kier alpha value is -0.910. The lowest BCUT2D eigenvalue weighted by molar-refractivity contribution is -0.134. The molecule has 1 unspecified atom stereocenters. The maximum atomic E-state index is 12.4. The van der Waals surface area contributed by atoms with Crippen LogP contribution in [0.4, 0.5) is 0 Å². The first kappa shape index (κ1) is 14.0. The van der Waals surface area contributed by atoms with Gasteiger partial charge in [-0.3, -0.25) is 9.69 Å². The Bertz CT molecular complexity index is 434. The summed E-state index contributed by atoms with van der Waals surface area (Å²) in [5.74, 6) is 0.0820. The lowest BCUT2D eigenvalue weighted by Gasteiger charge is -2.38. The molecule has 5 heteroatoms. The molecule has 1 atom stereocenters. The number of rotatable bonds is 3. The summed E-state index contributed by atoms with van der Waals surface area (Å²) >= 11 is 1.56. The van der Waals surface area contributed by atoms with Gasteiger partial charge in [-0.1, -0.05) is 18.9 Å². The number of carbonyl (C=O) groups is 1. The molecule has 2 aliphatic rings. The van der Waals surface area contributed by atoms with Crippen molar-refractivity contribution in [2.75, 3.05) is 26.2 Å². The van der Waals surface area contributed by atoms with E-state index in [9.17, 15) is 4.79 Å². The molecule has 1 aromatic rings. The number of nitrogens with zero attached hydrogens (tertiary/aromatic N) is 2. The molecule has 1 saturated carbocycles. The number of carbonyl (C=O) groups excluding carboxylic acids is 1. The van der Waals surface area contributed by atoms with Gasteiger partial charge < -0.3 is 10.6 Å². The van der Waals surface area contributed by atoms with Crippen molar-refractivity contribution in [2.45, 2.75) is 37.8 Å². The minimum atomic E-state index is -0.479. The van der Waals surface area contributed by atoms with Gasteiger partial charge >= 0.3 is 0 Å². The number of nitrogens with two attached hydrogens (primary N) is 1. The van der Waals surface area contributed by atoms with Crippen LogP contribution in [-0.2, 0) is 4.79 Å². The van der Waals surface area contributed by atoms with Gasteiger partial charge in [0.25, 0.3) is 0 Å². The molecule has 0 spiro atoms. The third kappa shape index (κ3) is 2.90. The summed E-state index contributed by atoms with van der Waals surface area (Å²) < 4.78 is 0. The van der Waals surface area contributed by atoms with Crippen molar-refractivity contribution in [3.63, 3.8) is 0 Å². The fourth-order valence-electron chi connectivity index (χ4n) is 3.36. The smallest absolute Gasteiger partial charge is 0.245 e. The standard InChI is InChI=1S/C15H23N3OS/c16-14(13-6-3-11-20-13)15(19)18-9-7-17(8-10-18)12-4-1-2-5-12/h3,6,11-12,14H,1-2,4-5,7-10,16H2. The van der Waals surface area contributed by atoms with Gasteiger partial charge in [-0.05, 0) is 24.3 Å². The Morgan fingerprint density at radius 1 is 1.25 bits per heavy atom. The van der Waals surface area contributed by atoms with Crippen molar-refractivity contribution in [3.05, 3.63) is 22.4 Å². The molecule has 1 aliphatic carbocycles.